The normalized spacial score (nSPS) is 10.5. The molecule has 1 aromatic carbocycles. The quantitative estimate of drug-likeness (QED) is 0.920. The van der Waals surface area contributed by atoms with Gasteiger partial charge in [-0.25, -0.2) is 4.98 Å². The summed E-state index contributed by atoms with van der Waals surface area (Å²) in [7, 11) is 0. The van der Waals surface area contributed by atoms with Gasteiger partial charge in [-0.2, -0.15) is 0 Å². The number of carbonyl (C=O) groups is 1. The van der Waals surface area contributed by atoms with Gasteiger partial charge in [-0.05, 0) is 37.5 Å². The second kappa shape index (κ2) is 6.76. The van der Waals surface area contributed by atoms with Crippen molar-refractivity contribution in [2.75, 3.05) is 5.32 Å². The van der Waals surface area contributed by atoms with E-state index in [1.54, 1.807) is 6.07 Å². The van der Waals surface area contributed by atoms with E-state index in [0.29, 0.717) is 5.56 Å². The lowest BCUT2D eigenvalue weighted by molar-refractivity contribution is 0.102. The molecule has 5 nitrogen and oxygen atoms in total. The molecule has 6 heteroatoms. The SMILES string of the molecule is CCc1nnc(NC(=O)c2cc(Br)ccc2C)nc1CC. The van der Waals surface area contributed by atoms with Crippen LogP contribution in [-0.2, 0) is 12.8 Å². The molecule has 0 saturated carbocycles. The van der Waals surface area contributed by atoms with Crippen LogP contribution in [0.4, 0.5) is 5.95 Å². The number of benzene rings is 1. The minimum absolute atomic E-state index is 0.234. The van der Waals surface area contributed by atoms with Crippen molar-refractivity contribution < 1.29 is 4.79 Å². The van der Waals surface area contributed by atoms with E-state index < -0.39 is 0 Å². The van der Waals surface area contributed by atoms with Crippen LogP contribution < -0.4 is 5.32 Å². The Hall–Kier alpha value is -1.82. The first-order valence-electron chi connectivity index (χ1n) is 6.85. The number of hydrogen-bond donors (Lipinski definition) is 1. The lowest BCUT2D eigenvalue weighted by atomic mass is 10.1. The van der Waals surface area contributed by atoms with Crippen molar-refractivity contribution >= 4 is 27.8 Å². The Balaban J connectivity index is 2.25. The van der Waals surface area contributed by atoms with Crippen LogP contribution in [0.3, 0.4) is 0 Å². The van der Waals surface area contributed by atoms with Crippen LogP contribution in [0.15, 0.2) is 22.7 Å². The molecule has 21 heavy (non-hydrogen) atoms. The Bertz CT molecular complexity index is 673. The average Bonchev–Trinajstić information content (AvgIpc) is 2.49. The number of nitrogens with one attached hydrogen (secondary N) is 1. The Morgan fingerprint density at radius 2 is 1.90 bits per heavy atom. The summed E-state index contributed by atoms with van der Waals surface area (Å²) in [6.45, 7) is 5.90. The fraction of sp³-hybridized carbons (Fsp3) is 0.333. The van der Waals surface area contributed by atoms with Gasteiger partial charge in [0.2, 0.25) is 5.95 Å². The summed E-state index contributed by atoms with van der Waals surface area (Å²) in [5.74, 6) is 0.00956. The Morgan fingerprint density at radius 1 is 1.19 bits per heavy atom. The van der Waals surface area contributed by atoms with Crippen molar-refractivity contribution in [2.24, 2.45) is 0 Å². The zero-order valence-corrected chi connectivity index (χ0v) is 13.9. The van der Waals surface area contributed by atoms with Crippen molar-refractivity contribution in [2.45, 2.75) is 33.6 Å². The van der Waals surface area contributed by atoms with Gasteiger partial charge >= 0.3 is 0 Å². The third-order valence-corrected chi connectivity index (χ3v) is 3.67. The van der Waals surface area contributed by atoms with Crippen molar-refractivity contribution in [3.8, 4) is 0 Å². The number of aromatic nitrogens is 3. The molecule has 0 spiro atoms. The maximum atomic E-state index is 12.3. The lowest BCUT2D eigenvalue weighted by Crippen LogP contribution is -2.17. The van der Waals surface area contributed by atoms with Crippen LogP contribution in [0.2, 0.25) is 0 Å². The average molecular weight is 349 g/mol. The summed E-state index contributed by atoms with van der Waals surface area (Å²) in [6.07, 6.45) is 1.54. The van der Waals surface area contributed by atoms with Gasteiger partial charge < -0.3 is 0 Å². The van der Waals surface area contributed by atoms with Gasteiger partial charge in [0.05, 0.1) is 11.4 Å². The number of anilines is 1. The maximum Gasteiger partial charge on any atom is 0.258 e. The van der Waals surface area contributed by atoms with Crippen LogP contribution in [0.5, 0.6) is 0 Å². The highest BCUT2D eigenvalue weighted by Gasteiger charge is 2.13. The van der Waals surface area contributed by atoms with E-state index in [2.05, 4.69) is 36.4 Å². The van der Waals surface area contributed by atoms with Crippen LogP contribution in [0.25, 0.3) is 0 Å². The largest absolute Gasteiger partial charge is 0.289 e. The third-order valence-electron chi connectivity index (χ3n) is 3.18. The third kappa shape index (κ3) is 3.64. The molecule has 0 fully saturated rings. The second-order valence-corrected chi connectivity index (χ2v) is 5.56. The molecule has 1 heterocycles. The van der Waals surface area contributed by atoms with E-state index in [1.807, 2.05) is 32.9 Å². The zero-order chi connectivity index (χ0) is 15.4. The van der Waals surface area contributed by atoms with Crippen molar-refractivity contribution in [3.05, 3.63) is 45.2 Å². The van der Waals surface area contributed by atoms with Gasteiger partial charge in [0.15, 0.2) is 0 Å². The van der Waals surface area contributed by atoms with E-state index in [9.17, 15) is 4.79 Å². The van der Waals surface area contributed by atoms with E-state index in [0.717, 1.165) is 34.3 Å². The molecular formula is C15H17BrN4O. The zero-order valence-electron chi connectivity index (χ0n) is 12.3. The molecule has 1 aromatic heterocycles. The van der Waals surface area contributed by atoms with Gasteiger partial charge in [0.25, 0.3) is 5.91 Å². The Labute approximate surface area is 132 Å². The molecule has 0 aliphatic carbocycles. The maximum absolute atomic E-state index is 12.3. The minimum Gasteiger partial charge on any atom is -0.289 e. The van der Waals surface area contributed by atoms with Gasteiger partial charge in [-0.1, -0.05) is 35.8 Å². The first-order chi connectivity index (χ1) is 10.0. The van der Waals surface area contributed by atoms with E-state index in [4.69, 9.17) is 0 Å². The van der Waals surface area contributed by atoms with Crippen molar-refractivity contribution in [1.29, 1.82) is 0 Å². The summed E-state index contributed by atoms with van der Waals surface area (Å²) in [5, 5.41) is 10.8. The number of carbonyl (C=O) groups excluding carboxylic acids is 1. The molecule has 0 unspecified atom stereocenters. The topological polar surface area (TPSA) is 67.8 Å². The fourth-order valence-corrected chi connectivity index (χ4v) is 2.36. The highest BCUT2D eigenvalue weighted by molar-refractivity contribution is 9.10. The molecule has 110 valence electrons. The van der Waals surface area contributed by atoms with Crippen molar-refractivity contribution in [3.63, 3.8) is 0 Å². The van der Waals surface area contributed by atoms with E-state index in [-0.39, 0.29) is 11.9 Å². The van der Waals surface area contributed by atoms with Gasteiger partial charge in [-0.15, -0.1) is 10.2 Å². The lowest BCUT2D eigenvalue weighted by Gasteiger charge is -2.08. The van der Waals surface area contributed by atoms with Crippen molar-refractivity contribution in [1.82, 2.24) is 15.2 Å². The fourth-order valence-electron chi connectivity index (χ4n) is 2.00. The van der Waals surface area contributed by atoms with Crippen LogP contribution in [0, 0.1) is 6.92 Å². The van der Waals surface area contributed by atoms with Crippen LogP contribution in [-0.4, -0.2) is 21.1 Å². The molecule has 1 N–H and O–H groups in total. The Morgan fingerprint density at radius 3 is 2.57 bits per heavy atom. The molecule has 2 rings (SSSR count). The van der Waals surface area contributed by atoms with E-state index in [1.165, 1.54) is 0 Å². The predicted octanol–water partition coefficient (Wildman–Crippen LogP) is 3.32. The first-order valence-corrected chi connectivity index (χ1v) is 7.64. The summed E-state index contributed by atoms with van der Waals surface area (Å²) in [6, 6.07) is 5.56. The number of aryl methyl sites for hydroxylation is 3. The van der Waals surface area contributed by atoms with Crippen LogP contribution >= 0.6 is 15.9 Å². The van der Waals surface area contributed by atoms with Crippen LogP contribution in [0.1, 0.15) is 41.2 Å². The molecule has 0 bridgehead atoms. The van der Waals surface area contributed by atoms with Gasteiger partial charge in [0.1, 0.15) is 0 Å². The number of rotatable bonds is 4. The molecule has 0 radical (unpaired) electrons. The minimum atomic E-state index is -0.234. The predicted molar refractivity (Wildman–Crippen MR) is 85.4 cm³/mol. The smallest absolute Gasteiger partial charge is 0.258 e. The molecule has 0 atom stereocenters. The summed E-state index contributed by atoms with van der Waals surface area (Å²) in [5.41, 5.74) is 3.22. The molecule has 2 aromatic rings. The van der Waals surface area contributed by atoms with Gasteiger partial charge in [0, 0.05) is 10.0 Å². The summed E-state index contributed by atoms with van der Waals surface area (Å²) >= 11 is 3.37. The molecule has 0 aliphatic heterocycles. The number of nitrogens with zero attached hydrogens (tertiary/aromatic N) is 3. The number of hydrogen-bond acceptors (Lipinski definition) is 4. The first kappa shape index (κ1) is 15.6. The Kier molecular flexibility index (Phi) is 5.01. The van der Waals surface area contributed by atoms with Gasteiger partial charge in [-0.3, -0.25) is 10.1 Å². The molecule has 1 amide bonds. The standard InChI is InChI=1S/C15H17BrN4O/c1-4-12-13(5-2)19-20-15(17-12)18-14(21)11-8-10(16)7-6-9(11)3/h6-8H,4-5H2,1-3H3,(H,17,18,20,21). The monoisotopic (exact) mass is 348 g/mol. The summed E-state index contributed by atoms with van der Waals surface area (Å²) < 4.78 is 0.855. The molecule has 0 aliphatic rings. The number of halogens is 1. The molecule has 0 saturated heterocycles. The second-order valence-electron chi connectivity index (χ2n) is 4.65. The highest BCUT2D eigenvalue weighted by atomic mass is 79.9. The van der Waals surface area contributed by atoms with E-state index >= 15 is 0 Å². The molecular weight excluding hydrogens is 332 g/mol. The highest BCUT2D eigenvalue weighted by Crippen LogP contribution is 2.17. The number of amides is 1. The summed E-state index contributed by atoms with van der Waals surface area (Å²) in [4.78, 5) is 16.7.